The summed E-state index contributed by atoms with van der Waals surface area (Å²) < 4.78 is 28.0. The number of primary amides is 2. The number of nitrogens with one attached hydrogen (secondary N) is 2. The van der Waals surface area contributed by atoms with Crippen LogP contribution in [0.15, 0.2) is 33.1 Å². The van der Waals surface area contributed by atoms with E-state index in [0.29, 0.717) is 84.0 Å². The summed E-state index contributed by atoms with van der Waals surface area (Å²) in [6, 6.07) is 6.11. The molecule has 2 aliphatic rings. The van der Waals surface area contributed by atoms with Gasteiger partial charge in [-0.2, -0.15) is 0 Å². The molecule has 0 aliphatic carbocycles. The molecule has 20 nitrogen and oxygen atoms in total. The summed E-state index contributed by atoms with van der Waals surface area (Å²) in [6.07, 6.45) is 2.60. The van der Waals surface area contributed by atoms with Gasteiger partial charge in [0.2, 0.25) is 41.6 Å². The zero-order chi connectivity index (χ0) is 42.5. The zero-order valence-corrected chi connectivity index (χ0v) is 33.4. The molecule has 6 N–H and O–H groups in total. The minimum atomic E-state index is -0.781. The first-order chi connectivity index (χ1) is 28.8. The predicted molar refractivity (Wildman–Crippen MR) is 214 cm³/mol. The molecule has 4 aromatic heterocycles. The summed E-state index contributed by atoms with van der Waals surface area (Å²) in [5, 5.41) is 5.77. The highest BCUT2D eigenvalue weighted by Gasteiger charge is 2.45. The Bertz CT molecular complexity index is 2540. The number of oxazole rings is 2. The molecule has 0 unspecified atom stereocenters. The summed E-state index contributed by atoms with van der Waals surface area (Å²) in [6.45, 7) is 8.14. The molecular formula is C40H43N11O9. The van der Waals surface area contributed by atoms with E-state index in [4.69, 9.17) is 39.7 Å². The van der Waals surface area contributed by atoms with E-state index in [1.54, 1.807) is 27.9 Å². The molecule has 5 amide bonds. The lowest BCUT2D eigenvalue weighted by Gasteiger charge is -2.47. The predicted octanol–water partition coefficient (Wildman–Crippen LogP) is 3.52. The van der Waals surface area contributed by atoms with Gasteiger partial charge in [-0.1, -0.05) is 13.8 Å². The van der Waals surface area contributed by atoms with E-state index in [9.17, 15) is 24.0 Å². The van der Waals surface area contributed by atoms with Crippen molar-refractivity contribution in [2.24, 2.45) is 16.9 Å². The monoisotopic (exact) mass is 821 g/mol. The average Bonchev–Trinajstić information content (AvgIpc) is 3.97. The summed E-state index contributed by atoms with van der Waals surface area (Å²) in [5.74, 6) is -0.917. The van der Waals surface area contributed by atoms with Crippen molar-refractivity contribution in [2.45, 2.75) is 66.5 Å². The number of amides is 5. The minimum Gasteiger partial charge on any atom is -0.490 e. The van der Waals surface area contributed by atoms with E-state index in [1.165, 1.54) is 24.3 Å². The number of aryl methyl sites for hydroxylation is 6. The van der Waals surface area contributed by atoms with Crippen LogP contribution in [0.3, 0.4) is 0 Å². The van der Waals surface area contributed by atoms with Crippen molar-refractivity contribution in [2.75, 3.05) is 36.9 Å². The number of nitrogens with two attached hydrogens (primary N) is 2. The van der Waals surface area contributed by atoms with Gasteiger partial charge in [-0.3, -0.25) is 34.6 Å². The van der Waals surface area contributed by atoms with Crippen molar-refractivity contribution in [3.05, 3.63) is 70.1 Å². The number of hydrogen-bond donors (Lipinski definition) is 4. The number of carbonyl (C=O) groups excluding carboxylic acids is 5. The fourth-order valence-electron chi connectivity index (χ4n) is 7.80. The molecule has 20 heteroatoms. The second-order valence-corrected chi connectivity index (χ2v) is 15.0. The van der Waals surface area contributed by atoms with Gasteiger partial charge in [0.15, 0.2) is 11.8 Å². The Hall–Kier alpha value is -7.25. The van der Waals surface area contributed by atoms with Gasteiger partial charge in [-0.05, 0) is 49.9 Å². The lowest BCUT2D eigenvalue weighted by Crippen LogP contribution is -2.61. The van der Waals surface area contributed by atoms with E-state index in [-0.39, 0.29) is 72.3 Å². The third kappa shape index (κ3) is 7.24. The lowest BCUT2D eigenvalue weighted by molar-refractivity contribution is -0.134. The molecule has 2 aromatic carbocycles. The van der Waals surface area contributed by atoms with Gasteiger partial charge >= 0.3 is 0 Å². The summed E-state index contributed by atoms with van der Waals surface area (Å²) in [5.41, 5.74) is 13.6. The van der Waals surface area contributed by atoms with Crippen LogP contribution in [0.1, 0.15) is 91.7 Å². The summed E-state index contributed by atoms with van der Waals surface area (Å²) in [4.78, 5) is 84.2. The number of imidazole rings is 2. The molecule has 0 atom stereocenters. The molecule has 312 valence electrons. The van der Waals surface area contributed by atoms with Crippen LogP contribution in [0.4, 0.5) is 11.9 Å². The molecule has 0 radical (unpaired) electrons. The number of rotatable bonds is 9. The highest BCUT2D eigenvalue weighted by molar-refractivity contribution is 6.05. The maximum Gasteiger partial charge on any atom is 0.295 e. The number of ether oxygens (including phenoxy) is 2. The van der Waals surface area contributed by atoms with Gasteiger partial charge in [0.25, 0.3) is 11.8 Å². The number of anilines is 2. The number of aromatic nitrogens is 6. The van der Waals surface area contributed by atoms with E-state index >= 15 is 0 Å². The molecule has 0 bridgehead atoms. The van der Waals surface area contributed by atoms with Crippen LogP contribution >= 0.6 is 0 Å². The van der Waals surface area contributed by atoms with Gasteiger partial charge in [-0.25, -0.2) is 19.9 Å². The van der Waals surface area contributed by atoms with Crippen LogP contribution in [0.2, 0.25) is 0 Å². The van der Waals surface area contributed by atoms with Gasteiger partial charge in [0.05, 0.1) is 27.8 Å². The number of carbonyl (C=O) groups is 5. The molecule has 2 aliphatic heterocycles. The quantitative estimate of drug-likeness (QED) is 0.152. The third-order valence-electron chi connectivity index (χ3n) is 10.6. The minimum absolute atomic E-state index is 0.00825. The van der Waals surface area contributed by atoms with Crippen molar-refractivity contribution in [3.63, 3.8) is 0 Å². The zero-order valence-electron chi connectivity index (χ0n) is 33.4. The average molecular weight is 822 g/mol. The number of nitrogens with zero attached hydrogens (tertiary/aromatic N) is 7. The van der Waals surface area contributed by atoms with Crippen LogP contribution in [-0.2, 0) is 30.7 Å². The van der Waals surface area contributed by atoms with Crippen LogP contribution < -0.4 is 31.6 Å². The first kappa shape index (κ1) is 39.6. The van der Waals surface area contributed by atoms with E-state index < -0.39 is 29.0 Å². The standard InChI is InChI=1S/C40H43N11O9/c1-5-24-32(59-20(3)43-24)36(55)47-38-45-26-11-22(34(41)53)13-28-30(26)50(38)9-7-8-10-51-31-27(46-39(51)48-37(56)33-25(6-2)44-21(4)60-33)12-23(35(42)54)14-29(31)58-18-40(17-57-28)15-49(16-40)19-52/h11-14,19H,5-10,15-18H2,1-4H3,(H2,41,53)(H2,42,54)(H,45,47,55)(H,46,48,56). The second-order valence-electron chi connectivity index (χ2n) is 15.0. The molecule has 0 saturated carbocycles. The number of hydrogen-bond acceptors (Lipinski definition) is 13. The Morgan fingerprint density at radius 3 is 1.53 bits per heavy atom. The Balaban J connectivity index is 1.24. The highest BCUT2D eigenvalue weighted by atomic mass is 16.5. The maximum absolute atomic E-state index is 13.7. The summed E-state index contributed by atoms with van der Waals surface area (Å²) in [7, 11) is 0. The SMILES string of the molecule is CCc1nc(C)oc1C(=O)Nc1nc2cc(C(N)=O)cc3c2n1CCCCn1c(NC(=O)c2oc(C)nc2CC)nc2cc(C(N)=O)cc(c21)OCC1(CO3)CN(C=O)C1. The van der Waals surface area contributed by atoms with Crippen LogP contribution in [0.5, 0.6) is 11.5 Å². The van der Waals surface area contributed by atoms with Crippen LogP contribution in [0, 0.1) is 19.3 Å². The van der Waals surface area contributed by atoms with Gasteiger partial charge in [0.1, 0.15) is 35.7 Å². The van der Waals surface area contributed by atoms with Crippen molar-refractivity contribution in [3.8, 4) is 11.5 Å². The Kier molecular flexibility index (Phi) is 10.2. The molecule has 60 heavy (non-hydrogen) atoms. The first-order valence-electron chi connectivity index (χ1n) is 19.5. The van der Waals surface area contributed by atoms with Gasteiger partial charge in [0, 0.05) is 51.2 Å². The third-order valence-corrected chi connectivity index (χ3v) is 10.6. The first-order valence-corrected chi connectivity index (χ1v) is 19.5. The highest BCUT2D eigenvalue weighted by Crippen LogP contribution is 2.38. The van der Waals surface area contributed by atoms with Crippen molar-refractivity contribution >= 4 is 64.0 Å². The Morgan fingerprint density at radius 2 is 1.15 bits per heavy atom. The normalized spacial score (nSPS) is 15.1. The van der Waals surface area contributed by atoms with Crippen molar-refractivity contribution in [1.29, 1.82) is 0 Å². The van der Waals surface area contributed by atoms with Crippen LogP contribution in [0.25, 0.3) is 22.1 Å². The Morgan fingerprint density at radius 1 is 0.717 bits per heavy atom. The molecule has 1 saturated heterocycles. The molecule has 1 fully saturated rings. The lowest BCUT2D eigenvalue weighted by atomic mass is 9.81. The smallest absolute Gasteiger partial charge is 0.295 e. The number of benzene rings is 2. The Labute approximate surface area is 341 Å². The number of likely N-dealkylation sites (tertiary alicyclic amines) is 1. The van der Waals surface area contributed by atoms with E-state index in [2.05, 4.69) is 20.6 Å². The largest absolute Gasteiger partial charge is 0.490 e. The van der Waals surface area contributed by atoms with Crippen molar-refractivity contribution in [1.82, 2.24) is 34.0 Å². The second kappa shape index (κ2) is 15.5. The van der Waals surface area contributed by atoms with Gasteiger partial charge < -0.3 is 43.8 Å². The van der Waals surface area contributed by atoms with E-state index in [1.807, 2.05) is 13.8 Å². The fourth-order valence-corrected chi connectivity index (χ4v) is 7.80. The molecule has 6 heterocycles. The van der Waals surface area contributed by atoms with Crippen LogP contribution in [-0.4, -0.2) is 90.3 Å². The molecule has 1 spiro atoms. The molecule has 6 aromatic rings. The van der Waals surface area contributed by atoms with Gasteiger partial charge in [-0.15, -0.1) is 0 Å². The van der Waals surface area contributed by atoms with Crippen molar-refractivity contribution < 1.29 is 42.3 Å². The maximum atomic E-state index is 13.7. The molecular weight excluding hydrogens is 779 g/mol. The summed E-state index contributed by atoms with van der Waals surface area (Å²) >= 11 is 0. The molecule has 8 rings (SSSR count). The topological polar surface area (TPSA) is 271 Å². The van der Waals surface area contributed by atoms with E-state index in [0.717, 1.165) is 6.41 Å². The fraction of sp³-hybridized carbons (Fsp3) is 0.375.